The molecule has 0 saturated carbocycles. The van der Waals surface area contributed by atoms with Gasteiger partial charge in [-0.25, -0.2) is 4.98 Å². The molecule has 1 unspecified atom stereocenters. The fourth-order valence-corrected chi connectivity index (χ4v) is 3.23. The van der Waals surface area contributed by atoms with E-state index in [0.717, 1.165) is 12.0 Å². The van der Waals surface area contributed by atoms with Crippen LogP contribution in [0.1, 0.15) is 34.8 Å². The van der Waals surface area contributed by atoms with Crippen molar-refractivity contribution in [1.82, 2.24) is 10.3 Å². The van der Waals surface area contributed by atoms with Crippen molar-refractivity contribution in [1.29, 1.82) is 0 Å². The lowest BCUT2D eigenvalue weighted by Crippen LogP contribution is -2.18. The number of hydrogen-bond acceptors (Lipinski definition) is 4. The summed E-state index contributed by atoms with van der Waals surface area (Å²) in [4.78, 5) is 28.1. The minimum absolute atomic E-state index is 0.00254. The highest BCUT2D eigenvalue weighted by Crippen LogP contribution is 2.26. The van der Waals surface area contributed by atoms with Crippen molar-refractivity contribution in [2.45, 2.75) is 18.9 Å². The Labute approximate surface area is 172 Å². The molecule has 0 spiro atoms. The molecule has 146 valence electrons. The lowest BCUT2D eigenvalue weighted by molar-refractivity contribution is -0.119. The maximum atomic E-state index is 12.6. The fourth-order valence-electron chi connectivity index (χ4n) is 3.12. The molecule has 29 heavy (non-hydrogen) atoms. The van der Waals surface area contributed by atoms with Gasteiger partial charge in [0.2, 0.25) is 11.8 Å². The molecule has 7 heteroatoms. The summed E-state index contributed by atoms with van der Waals surface area (Å²) in [6, 6.07) is 17.7. The van der Waals surface area contributed by atoms with Crippen LogP contribution in [-0.2, 0) is 4.79 Å². The Morgan fingerprint density at radius 3 is 2.66 bits per heavy atom. The first-order chi connectivity index (χ1) is 14.1. The minimum Gasteiger partial charge on any atom is -0.439 e. The molecule has 3 aromatic rings. The summed E-state index contributed by atoms with van der Waals surface area (Å²) in [6.07, 6.45) is 2.80. The summed E-state index contributed by atoms with van der Waals surface area (Å²) in [6.45, 7) is 0. The molecule has 1 aliphatic rings. The number of amides is 2. The van der Waals surface area contributed by atoms with Crippen molar-refractivity contribution in [2.75, 3.05) is 5.32 Å². The van der Waals surface area contributed by atoms with Crippen LogP contribution in [-0.4, -0.2) is 16.8 Å². The molecule has 2 heterocycles. The predicted octanol–water partition coefficient (Wildman–Crippen LogP) is 4.73. The standard InChI is InChI=1S/C22H18ClN3O3/c23-16-6-11-21(24-13-16)29-18-7-4-14(5-8-18)22(28)25-17-3-1-2-15(12-17)19-9-10-20(27)26-19/h1-8,11-13,19H,9-10H2,(H,25,28)(H,26,27). The SMILES string of the molecule is O=C1CCC(c2cccc(NC(=O)c3ccc(Oc4ccc(Cl)cn4)cc3)c2)N1. The molecule has 1 aliphatic heterocycles. The fraction of sp³-hybridized carbons (Fsp3) is 0.136. The second-order valence-electron chi connectivity index (χ2n) is 6.68. The van der Waals surface area contributed by atoms with Gasteiger partial charge in [-0.15, -0.1) is 0 Å². The van der Waals surface area contributed by atoms with Gasteiger partial charge in [0, 0.05) is 29.9 Å². The van der Waals surface area contributed by atoms with E-state index in [4.69, 9.17) is 16.3 Å². The van der Waals surface area contributed by atoms with Crippen LogP contribution in [0.25, 0.3) is 0 Å². The third-order valence-electron chi connectivity index (χ3n) is 4.58. The smallest absolute Gasteiger partial charge is 0.255 e. The minimum atomic E-state index is -0.228. The summed E-state index contributed by atoms with van der Waals surface area (Å²) in [5, 5.41) is 6.35. The van der Waals surface area contributed by atoms with Crippen molar-refractivity contribution < 1.29 is 14.3 Å². The average molecular weight is 408 g/mol. The topological polar surface area (TPSA) is 80.3 Å². The number of hydrogen-bond donors (Lipinski definition) is 2. The van der Waals surface area contributed by atoms with Crippen LogP contribution in [0.3, 0.4) is 0 Å². The molecule has 4 rings (SSSR count). The molecule has 1 fully saturated rings. The van der Waals surface area contributed by atoms with E-state index < -0.39 is 0 Å². The average Bonchev–Trinajstić information content (AvgIpc) is 3.17. The second-order valence-corrected chi connectivity index (χ2v) is 7.12. The van der Waals surface area contributed by atoms with Crippen LogP contribution >= 0.6 is 11.6 Å². The number of anilines is 1. The zero-order valence-electron chi connectivity index (χ0n) is 15.4. The Morgan fingerprint density at radius 1 is 1.14 bits per heavy atom. The number of carbonyl (C=O) groups excluding carboxylic acids is 2. The number of benzene rings is 2. The van der Waals surface area contributed by atoms with E-state index in [1.54, 1.807) is 36.4 Å². The molecular weight excluding hydrogens is 390 g/mol. The Hall–Kier alpha value is -3.38. The van der Waals surface area contributed by atoms with E-state index in [1.807, 2.05) is 24.3 Å². The van der Waals surface area contributed by atoms with Crippen molar-refractivity contribution in [3.63, 3.8) is 0 Å². The number of halogens is 1. The van der Waals surface area contributed by atoms with Gasteiger partial charge >= 0.3 is 0 Å². The van der Waals surface area contributed by atoms with E-state index in [9.17, 15) is 9.59 Å². The molecule has 1 saturated heterocycles. The molecule has 2 N–H and O–H groups in total. The van der Waals surface area contributed by atoms with E-state index >= 15 is 0 Å². The lowest BCUT2D eigenvalue weighted by Gasteiger charge is -2.13. The summed E-state index contributed by atoms with van der Waals surface area (Å²) >= 11 is 5.81. The third kappa shape index (κ3) is 4.73. The Kier molecular flexibility index (Phi) is 5.44. The van der Waals surface area contributed by atoms with Crippen molar-refractivity contribution in [3.05, 3.63) is 83.0 Å². The first-order valence-electron chi connectivity index (χ1n) is 9.17. The van der Waals surface area contributed by atoms with Crippen molar-refractivity contribution >= 4 is 29.1 Å². The van der Waals surface area contributed by atoms with E-state index in [2.05, 4.69) is 15.6 Å². The van der Waals surface area contributed by atoms with E-state index in [-0.39, 0.29) is 17.9 Å². The molecular formula is C22H18ClN3O3. The van der Waals surface area contributed by atoms with E-state index in [0.29, 0.717) is 34.3 Å². The highest BCUT2D eigenvalue weighted by molar-refractivity contribution is 6.30. The molecule has 6 nitrogen and oxygen atoms in total. The number of ether oxygens (including phenoxy) is 1. The van der Waals surface area contributed by atoms with Gasteiger partial charge < -0.3 is 15.4 Å². The summed E-state index contributed by atoms with van der Waals surface area (Å²) in [7, 11) is 0. The number of nitrogens with zero attached hydrogens (tertiary/aromatic N) is 1. The van der Waals surface area contributed by atoms with Gasteiger partial charge in [-0.2, -0.15) is 0 Å². The Balaban J connectivity index is 1.41. The van der Waals surface area contributed by atoms with Gasteiger partial charge in [0.15, 0.2) is 0 Å². The summed E-state index contributed by atoms with van der Waals surface area (Å²) in [5.74, 6) is 0.812. The van der Waals surface area contributed by atoms with Crippen molar-refractivity contribution in [3.8, 4) is 11.6 Å². The number of nitrogens with one attached hydrogen (secondary N) is 2. The first-order valence-corrected chi connectivity index (χ1v) is 9.55. The lowest BCUT2D eigenvalue weighted by atomic mass is 10.0. The van der Waals surface area contributed by atoms with Gasteiger partial charge in [0.25, 0.3) is 5.91 Å². The zero-order chi connectivity index (χ0) is 20.2. The number of aromatic nitrogens is 1. The molecule has 1 atom stereocenters. The Morgan fingerprint density at radius 2 is 1.97 bits per heavy atom. The van der Waals surface area contributed by atoms with Gasteiger partial charge in [0.1, 0.15) is 5.75 Å². The second kappa shape index (κ2) is 8.32. The third-order valence-corrected chi connectivity index (χ3v) is 4.80. The van der Waals surface area contributed by atoms with Crippen LogP contribution in [0.2, 0.25) is 5.02 Å². The molecule has 0 aliphatic carbocycles. The van der Waals surface area contributed by atoms with Crippen LogP contribution in [0.4, 0.5) is 5.69 Å². The van der Waals surface area contributed by atoms with Crippen LogP contribution in [0.15, 0.2) is 66.9 Å². The maximum Gasteiger partial charge on any atom is 0.255 e. The summed E-state index contributed by atoms with van der Waals surface area (Å²) in [5.41, 5.74) is 2.16. The van der Waals surface area contributed by atoms with E-state index in [1.165, 1.54) is 6.20 Å². The highest BCUT2D eigenvalue weighted by atomic mass is 35.5. The molecule has 0 bridgehead atoms. The molecule has 0 radical (unpaired) electrons. The van der Waals surface area contributed by atoms with Crippen LogP contribution < -0.4 is 15.4 Å². The number of pyridine rings is 1. The largest absolute Gasteiger partial charge is 0.439 e. The molecule has 2 amide bonds. The number of rotatable bonds is 5. The van der Waals surface area contributed by atoms with Crippen LogP contribution in [0, 0.1) is 0 Å². The summed E-state index contributed by atoms with van der Waals surface area (Å²) < 4.78 is 5.63. The zero-order valence-corrected chi connectivity index (χ0v) is 16.1. The maximum absolute atomic E-state index is 12.6. The van der Waals surface area contributed by atoms with Gasteiger partial charge in [0.05, 0.1) is 11.1 Å². The first kappa shape index (κ1) is 19.0. The quantitative estimate of drug-likeness (QED) is 0.640. The van der Waals surface area contributed by atoms with Crippen molar-refractivity contribution in [2.24, 2.45) is 0 Å². The normalized spacial score (nSPS) is 15.6. The van der Waals surface area contributed by atoms with Gasteiger partial charge in [-0.3, -0.25) is 9.59 Å². The van der Waals surface area contributed by atoms with Gasteiger partial charge in [-0.05, 0) is 54.4 Å². The van der Waals surface area contributed by atoms with Gasteiger partial charge in [-0.1, -0.05) is 23.7 Å². The highest BCUT2D eigenvalue weighted by Gasteiger charge is 2.22. The molecule has 1 aromatic heterocycles. The predicted molar refractivity (Wildman–Crippen MR) is 110 cm³/mol. The van der Waals surface area contributed by atoms with Crippen LogP contribution in [0.5, 0.6) is 11.6 Å². The molecule has 2 aromatic carbocycles. The number of carbonyl (C=O) groups is 2. The Bertz CT molecular complexity index is 1040. The monoisotopic (exact) mass is 407 g/mol.